The first-order chi connectivity index (χ1) is 15.0. The molecule has 31 heavy (non-hydrogen) atoms. The van der Waals surface area contributed by atoms with E-state index in [-0.39, 0.29) is 5.91 Å². The molecule has 0 heterocycles. The minimum absolute atomic E-state index is 0.0597. The highest BCUT2D eigenvalue weighted by atomic mass is 33.1. The molecule has 0 spiro atoms. The van der Waals surface area contributed by atoms with Crippen LogP contribution in [0.4, 0.5) is 5.69 Å². The molecule has 0 saturated heterocycles. The quantitative estimate of drug-likeness (QED) is 0.254. The monoisotopic (exact) mass is 462 g/mol. The molecule has 0 unspecified atom stereocenters. The summed E-state index contributed by atoms with van der Waals surface area (Å²) in [7, 11) is 11.2. The summed E-state index contributed by atoms with van der Waals surface area (Å²) >= 11 is 0. The molecule has 0 aliphatic rings. The number of nitrogens with one attached hydrogen (secondary N) is 2. The van der Waals surface area contributed by atoms with E-state index >= 15 is 0 Å². The molecule has 2 aromatic carbocycles. The van der Waals surface area contributed by atoms with Crippen LogP contribution in [0, 0.1) is 0 Å². The fourth-order valence-electron chi connectivity index (χ4n) is 3.29. The van der Waals surface area contributed by atoms with Gasteiger partial charge in [0.2, 0.25) is 6.41 Å². The molecule has 0 bridgehead atoms. The molecule has 0 aromatic heterocycles. The van der Waals surface area contributed by atoms with Gasteiger partial charge in [-0.15, -0.1) is 0 Å². The van der Waals surface area contributed by atoms with Crippen LogP contribution in [0.3, 0.4) is 0 Å². The Bertz CT molecular complexity index is 861. The van der Waals surface area contributed by atoms with Crippen LogP contribution in [-0.2, 0) is 11.2 Å². The van der Waals surface area contributed by atoms with Gasteiger partial charge in [0.25, 0.3) is 5.91 Å². The van der Waals surface area contributed by atoms with Crippen LogP contribution in [0.2, 0.25) is 0 Å². The molecule has 170 valence electrons. The zero-order valence-electron chi connectivity index (χ0n) is 18.9. The molecule has 0 saturated carbocycles. The third kappa shape index (κ3) is 7.94. The first kappa shape index (κ1) is 25.4. The Balaban J connectivity index is 2.14. The fourth-order valence-corrected chi connectivity index (χ4v) is 5.37. The molecule has 2 aromatic rings. The molecule has 0 radical (unpaired) electrons. The smallest absolute Gasteiger partial charge is 0.251 e. The van der Waals surface area contributed by atoms with E-state index in [2.05, 4.69) is 47.8 Å². The maximum absolute atomic E-state index is 12.6. The van der Waals surface area contributed by atoms with E-state index in [9.17, 15) is 9.59 Å². The molecule has 0 aliphatic carbocycles. The Morgan fingerprint density at radius 2 is 1.84 bits per heavy atom. The molecule has 8 heteroatoms. The van der Waals surface area contributed by atoms with Gasteiger partial charge in [-0.05, 0) is 56.6 Å². The summed E-state index contributed by atoms with van der Waals surface area (Å²) in [6.45, 7) is 2.67. The Morgan fingerprint density at radius 1 is 1.06 bits per heavy atom. The van der Waals surface area contributed by atoms with E-state index in [4.69, 9.17) is 0 Å². The van der Waals surface area contributed by atoms with Crippen molar-refractivity contribution < 1.29 is 9.59 Å². The largest absolute Gasteiger partial charge is 0.384 e. The first-order valence-corrected chi connectivity index (χ1v) is 13.0. The number of hydrogen-bond acceptors (Lipinski definition) is 6. The zero-order chi connectivity index (χ0) is 22.6. The molecule has 0 fully saturated rings. The van der Waals surface area contributed by atoms with Crippen molar-refractivity contribution in [2.45, 2.75) is 12.8 Å². The Hall–Kier alpha value is -1.90. The van der Waals surface area contributed by atoms with Crippen molar-refractivity contribution in [2.75, 3.05) is 64.6 Å². The predicted molar refractivity (Wildman–Crippen MR) is 136 cm³/mol. The van der Waals surface area contributed by atoms with Crippen molar-refractivity contribution in [3.8, 4) is 0 Å². The number of amides is 2. The highest BCUT2D eigenvalue weighted by Gasteiger charge is 2.15. The van der Waals surface area contributed by atoms with Gasteiger partial charge < -0.3 is 20.4 Å². The summed E-state index contributed by atoms with van der Waals surface area (Å²) in [6.07, 6.45) is 2.79. The van der Waals surface area contributed by atoms with E-state index < -0.39 is 0 Å². The molecule has 0 atom stereocenters. The SMILES string of the molecule is CNC(=O)c1ccc(NCCCN(C)C)c2cccc(CCSSCCN(C)C=O)c12. The second-order valence-corrected chi connectivity index (χ2v) is 10.3. The number of fused-ring (bicyclic) bond motifs is 1. The number of carbonyl (C=O) groups excluding carboxylic acids is 2. The number of aryl methyl sites for hydroxylation is 1. The van der Waals surface area contributed by atoms with Crippen LogP contribution >= 0.6 is 21.6 Å². The number of rotatable bonds is 14. The van der Waals surface area contributed by atoms with E-state index in [1.165, 1.54) is 5.56 Å². The summed E-state index contributed by atoms with van der Waals surface area (Å²) in [5, 5.41) is 8.46. The molecular weight excluding hydrogens is 428 g/mol. The highest BCUT2D eigenvalue weighted by Crippen LogP contribution is 2.31. The highest BCUT2D eigenvalue weighted by molar-refractivity contribution is 8.76. The Labute approximate surface area is 193 Å². The average molecular weight is 463 g/mol. The van der Waals surface area contributed by atoms with Gasteiger partial charge in [0, 0.05) is 55.3 Å². The zero-order valence-corrected chi connectivity index (χ0v) is 20.6. The van der Waals surface area contributed by atoms with Crippen molar-refractivity contribution in [1.29, 1.82) is 0 Å². The van der Waals surface area contributed by atoms with Gasteiger partial charge in [-0.2, -0.15) is 0 Å². The van der Waals surface area contributed by atoms with Gasteiger partial charge in [0.1, 0.15) is 0 Å². The van der Waals surface area contributed by atoms with Gasteiger partial charge in [-0.3, -0.25) is 9.59 Å². The van der Waals surface area contributed by atoms with Crippen molar-refractivity contribution in [2.24, 2.45) is 0 Å². The lowest BCUT2D eigenvalue weighted by molar-refractivity contribution is -0.116. The number of carbonyl (C=O) groups is 2. The summed E-state index contributed by atoms with van der Waals surface area (Å²) in [5.74, 6) is 1.79. The predicted octanol–water partition coefficient (Wildman–Crippen LogP) is 3.58. The van der Waals surface area contributed by atoms with Crippen molar-refractivity contribution in [3.63, 3.8) is 0 Å². The summed E-state index contributed by atoms with van der Waals surface area (Å²) in [4.78, 5) is 27.0. The normalized spacial score (nSPS) is 11.0. The summed E-state index contributed by atoms with van der Waals surface area (Å²) in [6, 6.07) is 10.2. The van der Waals surface area contributed by atoms with Crippen LogP contribution in [0.15, 0.2) is 30.3 Å². The molecule has 2 N–H and O–H groups in total. The molecular formula is C23H34N4O2S2. The third-order valence-electron chi connectivity index (χ3n) is 4.94. The van der Waals surface area contributed by atoms with Gasteiger partial charge in [-0.25, -0.2) is 0 Å². The van der Waals surface area contributed by atoms with Crippen LogP contribution in [-0.4, -0.2) is 81.4 Å². The number of hydrogen-bond donors (Lipinski definition) is 2. The van der Waals surface area contributed by atoms with Crippen LogP contribution in [0.25, 0.3) is 10.8 Å². The maximum Gasteiger partial charge on any atom is 0.251 e. The molecule has 2 amide bonds. The second kappa shape index (κ2) is 13.5. The van der Waals surface area contributed by atoms with Crippen molar-refractivity contribution >= 4 is 50.4 Å². The standard InChI is InChI=1S/C23H34N4O2S2/c1-24-23(29)20-9-10-21(25-12-6-13-26(2)3)19-8-5-7-18(22(19)20)11-15-30-31-16-14-27(4)17-28/h5,7-10,17,25H,6,11-16H2,1-4H3,(H,24,29). The lowest BCUT2D eigenvalue weighted by Gasteiger charge is -2.16. The van der Waals surface area contributed by atoms with Crippen molar-refractivity contribution in [1.82, 2.24) is 15.1 Å². The van der Waals surface area contributed by atoms with Gasteiger partial charge in [0.15, 0.2) is 0 Å². The van der Waals surface area contributed by atoms with E-state index in [0.29, 0.717) is 0 Å². The van der Waals surface area contributed by atoms with Gasteiger partial charge in [0.05, 0.1) is 0 Å². The third-order valence-corrected chi connectivity index (χ3v) is 7.33. The lowest BCUT2D eigenvalue weighted by Crippen LogP contribution is -2.19. The summed E-state index contributed by atoms with van der Waals surface area (Å²) < 4.78 is 0. The number of benzene rings is 2. The second-order valence-electron chi connectivity index (χ2n) is 7.64. The minimum Gasteiger partial charge on any atom is -0.384 e. The van der Waals surface area contributed by atoms with E-state index in [1.807, 2.05) is 12.1 Å². The first-order valence-electron chi connectivity index (χ1n) is 10.5. The van der Waals surface area contributed by atoms with Gasteiger partial charge in [-0.1, -0.05) is 39.8 Å². The summed E-state index contributed by atoms with van der Waals surface area (Å²) in [5.41, 5.74) is 2.98. The van der Waals surface area contributed by atoms with E-state index in [1.54, 1.807) is 40.6 Å². The minimum atomic E-state index is -0.0597. The van der Waals surface area contributed by atoms with E-state index in [0.717, 1.165) is 72.4 Å². The topological polar surface area (TPSA) is 64.7 Å². The lowest BCUT2D eigenvalue weighted by atomic mass is 9.96. The van der Waals surface area contributed by atoms with Crippen molar-refractivity contribution in [3.05, 3.63) is 41.5 Å². The van der Waals surface area contributed by atoms with Crippen LogP contribution < -0.4 is 10.6 Å². The average Bonchev–Trinajstić information content (AvgIpc) is 2.77. The molecule has 6 nitrogen and oxygen atoms in total. The van der Waals surface area contributed by atoms with Crippen LogP contribution in [0.1, 0.15) is 22.3 Å². The molecule has 0 aliphatic heterocycles. The Kier molecular flexibility index (Phi) is 11.0. The maximum atomic E-state index is 12.6. The van der Waals surface area contributed by atoms with Gasteiger partial charge >= 0.3 is 0 Å². The number of anilines is 1. The fraction of sp³-hybridized carbons (Fsp3) is 0.478. The Morgan fingerprint density at radius 3 is 2.55 bits per heavy atom. The van der Waals surface area contributed by atoms with Crippen LogP contribution in [0.5, 0.6) is 0 Å². The molecule has 2 rings (SSSR count). The number of nitrogens with zero attached hydrogens (tertiary/aromatic N) is 2.